The number of hydrogen-bond donors (Lipinski definition) is 1. The van der Waals surface area contributed by atoms with Gasteiger partial charge < -0.3 is 19.8 Å². The van der Waals surface area contributed by atoms with E-state index in [2.05, 4.69) is 5.32 Å². The van der Waals surface area contributed by atoms with Crippen molar-refractivity contribution >= 4 is 16.9 Å². The number of carbonyl (C=O) groups excluding carboxylic acids is 1. The van der Waals surface area contributed by atoms with Gasteiger partial charge in [0, 0.05) is 35.6 Å². The summed E-state index contributed by atoms with van der Waals surface area (Å²) in [6, 6.07) is 12.6. The van der Waals surface area contributed by atoms with Crippen LogP contribution in [0.3, 0.4) is 0 Å². The van der Waals surface area contributed by atoms with Crippen LogP contribution in [0.4, 0.5) is 4.39 Å². The Morgan fingerprint density at radius 2 is 1.89 bits per heavy atom. The molecule has 0 aliphatic heterocycles. The highest BCUT2D eigenvalue weighted by atomic mass is 19.1. The highest BCUT2D eigenvalue weighted by Crippen LogP contribution is 2.29. The third-order valence-electron chi connectivity index (χ3n) is 5.69. The lowest BCUT2D eigenvalue weighted by Crippen LogP contribution is -2.30. The Morgan fingerprint density at radius 1 is 1.18 bits per heavy atom. The Kier molecular flexibility index (Phi) is 5.18. The summed E-state index contributed by atoms with van der Waals surface area (Å²) >= 11 is 0. The number of fused-ring (bicyclic) bond motifs is 1. The Hall–Kier alpha value is -2.66. The van der Waals surface area contributed by atoms with Crippen molar-refractivity contribution in [2.24, 2.45) is 0 Å². The van der Waals surface area contributed by atoms with Crippen LogP contribution in [-0.4, -0.2) is 16.6 Å². The molecule has 5 heteroatoms. The van der Waals surface area contributed by atoms with Crippen LogP contribution in [0, 0.1) is 12.7 Å². The van der Waals surface area contributed by atoms with Crippen molar-refractivity contribution in [3.8, 4) is 0 Å². The first-order valence-electron chi connectivity index (χ1n) is 9.84. The van der Waals surface area contributed by atoms with Gasteiger partial charge in [-0.25, -0.2) is 4.39 Å². The maximum absolute atomic E-state index is 13.3. The molecule has 1 aliphatic rings. The molecule has 4 nitrogen and oxygen atoms in total. The predicted octanol–water partition coefficient (Wildman–Crippen LogP) is 3.53. The number of aromatic carboxylic acids is 1. The van der Waals surface area contributed by atoms with Crippen molar-refractivity contribution in [1.82, 2.24) is 9.88 Å². The molecular formula is C23H24FN2O2-. The van der Waals surface area contributed by atoms with Gasteiger partial charge in [0.25, 0.3) is 0 Å². The van der Waals surface area contributed by atoms with Crippen LogP contribution in [0.1, 0.15) is 52.9 Å². The third kappa shape index (κ3) is 3.67. The van der Waals surface area contributed by atoms with E-state index in [1.165, 1.54) is 25.0 Å². The van der Waals surface area contributed by atoms with E-state index in [0.29, 0.717) is 19.1 Å². The molecule has 0 radical (unpaired) electrons. The van der Waals surface area contributed by atoms with Gasteiger partial charge in [-0.05, 0) is 49.1 Å². The van der Waals surface area contributed by atoms with Gasteiger partial charge in [-0.1, -0.05) is 37.1 Å². The lowest BCUT2D eigenvalue weighted by molar-refractivity contribution is -0.255. The van der Waals surface area contributed by atoms with E-state index in [9.17, 15) is 14.3 Å². The molecule has 0 spiro atoms. The van der Waals surface area contributed by atoms with Crippen LogP contribution in [0.5, 0.6) is 0 Å². The molecule has 0 atom stereocenters. The van der Waals surface area contributed by atoms with Crippen molar-refractivity contribution < 1.29 is 14.3 Å². The summed E-state index contributed by atoms with van der Waals surface area (Å²) in [4.78, 5) is 12.1. The Labute approximate surface area is 164 Å². The second-order valence-electron chi connectivity index (χ2n) is 7.71. The standard InChI is InChI=1S/C23H25FN2O2/c1-15-6-11-19-20(13-25-18-4-2-3-5-18)22(23(27)28)26(21(19)12-15)14-16-7-9-17(24)10-8-16/h6-12,18,25H,2-5,13-14H2,1H3,(H,27,28)/p-1. The Bertz CT molecular complexity index is 1000. The zero-order valence-electron chi connectivity index (χ0n) is 16.0. The van der Waals surface area contributed by atoms with E-state index in [-0.39, 0.29) is 11.5 Å². The van der Waals surface area contributed by atoms with Crippen molar-refractivity contribution in [1.29, 1.82) is 0 Å². The average Bonchev–Trinajstić information content (AvgIpc) is 3.28. The summed E-state index contributed by atoms with van der Waals surface area (Å²) in [5.41, 5.74) is 3.74. The molecule has 1 N–H and O–H groups in total. The number of rotatable bonds is 6. The van der Waals surface area contributed by atoms with Crippen molar-refractivity contribution in [2.45, 2.75) is 51.7 Å². The first-order chi connectivity index (χ1) is 13.5. The van der Waals surface area contributed by atoms with E-state index >= 15 is 0 Å². The van der Waals surface area contributed by atoms with Crippen LogP contribution in [0.15, 0.2) is 42.5 Å². The summed E-state index contributed by atoms with van der Waals surface area (Å²) in [5, 5.41) is 16.6. The molecular weight excluding hydrogens is 355 g/mol. The molecule has 28 heavy (non-hydrogen) atoms. The summed E-state index contributed by atoms with van der Waals surface area (Å²) in [7, 11) is 0. The molecule has 2 aromatic carbocycles. The van der Waals surface area contributed by atoms with Crippen LogP contribution >= 0.6 is 0 Å². The van der Waals surface area contributed by atoms with Crippen molar-refractivity contribution in [3.05, 3.63) is 70.7 Å². The number of halogens is 1. The lowest BCUT2D eigenvalue weighted by Gasteiger charge is -2.15. The van der Waals surface area contributed by atoms with Gasteiger partial charge in [0.15, 0.2) is 0 Å². The van der Waals surface area contributed by atoms with E-state index in [0.717, 1.165) is 40.4 Å². The van der Waals surface area contributed by atoms with Gasteiger partial charge in [0.05, 0.1) is 11.7 Å². The van der Waals surface area contributed by atoms with Crippen LogP contribution in [0.25, 0.3) is 10.9 Å². The molecule has 3 aromatic rings. The number of carboxylic acids is 1. The van der Waals surface area contributed by atoms with Gasteiger partial charge in [0.1, 0.15) is 5.82 Å². The fourth-order valence-electron chi connectivity index (χ4n) is 4.26. The molecule has 0 bridgehead atoms. The minimum atomic E-state index is -1.18. The molecule has 1 saturated carbocycles. The quantitative estimate of drug-likeness (QED) is 0.713. The van der Waals surface area contributed by atoms with E-state index in [4.69, 9.17) is 0 Å². The number of aryl methyl sites for hydroxylation is 1. The number of hydrogen-bond acceptors (Lipinski definition) is 3. The molecule has 0 saturated heterocycles. The maximum Gasteiger partial charge on any atom is 0.123 e. The summed E-state index contributed by atoms with van der Waals surface area (Å²) < 4.78 is 15.1. The highest BCUT2D eigenvalue weighted by molar-refractivity contribution is 5.97. The molecule has 4 rings (SSSR count). The van der Waals surface area contributed by atoms with Crippen molar-refractivity contribution in [3.63, 3.8) is 0 Å². The number of carboxylic acid groups (broad SMARTS) is 1. The Balaban J connectivity index is 1.79. The second-order valence-corrected chi connectivity index (χ2v) is 7.71. The van der Waals surface area contributed by atoms with Gasteiger partial charge >= 0.3 is 0 Å². The van der Waals surface area contributed by atoms with Crippen molar-refractivity contribution in [2.75, 3.05) is 0 Å². The minimum Gasteiger partial charge on any atom is -0.543 e. The van der Waals surface area contributed by atoms with Gasteiger partial charge in [-0.3, -0.25) is 0 Å². The minimum absolute atomic E-state index is 0.204. The van der Waals surface area contributed by atoms with Crippen LogP contribution < -0.4 is 10.4 Å². The number of nitrogens with zero attached hydrogens (tertiary/aromatic N) is 1. The molecule has 0 amide bonds. The van der Waals surface area contributed by atoms with Crippen LogP contribution in [-0.2, 0) is 13.1 Å². The normalized spacial score (nSPS) is 14.8. The molecule has 1 aliphatic carbocycles. The molecule has 0 unspecified atom stereocenters. The van der Waals surface area contributed by atoms with E-state index in [1.807, 2.05) is 25.1 Å². The summed E-state index contributed by atoms with van der Waals surface area (Å²) in [5.74, 6) is -1.49. The van der Waals surface area contributed by atoms with E-state index in [1.54, 1.807) is 16.7 Å². The number of aromatic nitrogens is 1. The zero-order chi connectivity index (χ0) is 19.7. The molecule has 1 heterocycles. The topological polar surface area (TPSA) is 57.1 Å². The maximum atomic E-state index is 13.3. The first-order valence-corrected chi connectivity index (χ1v) is 9.84. The fraction of sp³-hybridized carbons (Fsp3) is 0.348. The summed E-state index contributed by atoms with van der Waals surface area (Å²) in [6.07, 6.45) is 4.70. The Morgan fingerprint density at radius 3 is 2.57 bits per heavy atom. The van der Waals surface area contributed by atoms with Crippen LogP contribution in [0.2, 0.25) is 0 Å². The lowest BCUT2D eigenvalue weighted by atomic mass is 10.1. The van der Waals surface area contributed by atoms with Gasteiger partial charge in [0.2, 0.25) is 0 Å². The monoisotopic (exact) mass is 379 g/mol. The zero-order valence-corrected chi connectivity index (χ0v) is 16.0. The molecule has 1 fully saturated rings. The molecule has 146 valence electrons. The highest BCUT2D eigenvalue weighted by Gasteiger charge is 2.21. The van der Waals surface area contributed by atoms with E-state index < -0.39 is 5.97 Å². The third-order valence-corrected chi connectivity index (χ3v) is 5.69. The SMILES string of the molecule is Cc1ccc2c(CNC3CCCC3)c(C(=O)[O-])n(Cc3ccc(F)cc3)c2c1. The first kappa shape index (κ1) is 18.7. The smallest absolute Gasteiger partial charge is 0.123 e. The second kappa shape index (κ2) is 7.76. The predicted molar refractivity (Wildman–Crippen MR) is 106 cm³/mol. The number of nitrogens with one attached hydrogen (secondary N) is 1. The van der Waals surface area contributed by atoms with Gasteiger partial charge in [-0.2, -0.15) is 0 Å². The largest absolute Gasteiger partial charge is 0.543 e. The van der Waals surface area contributed by atoms with Gasteiger partial charge in [-0.15, -0.1) is 0 Å². The number of benzene rings is 2. The molecule has 1 aromatic heterocycles. The summed E-state index contributed by atoms with van der Waals surface area (Å²) in [6.45, 7) is 2.85. The number of carbonyl (C=O) groups is 1. The average molecular weight is 379 g/mol. The fourth-order valence-corrected chi connectivity index (χ4v) is 4.26.